The molecule has 45 heavy (non-hydrogen) atoms. The molecule has 0 saturated heterocycles. The van der Waals surface area contributed by atoms with E-state index in [1.165, 1.54) is 0 Å². The summed E-state index contributed by atoms with van der Waals surface area (Å²) in [5, 5.41) is 1.88. The number of para-hydroxylation sites is 1. The summed E-state index contributed by atoms with van der Waals surface area (Å²) in [6.45, 7) is 5.81. The molecule has 0 radical (unpaired) electrons. The Morgan fingerprint density at radius 3 is 2.13 bits per heavy atom. The second-order valence-electron chi connectivity index (χ2n) is 10.5. The summed E-state index contributed by atoms with van der Waals surface area (Å²) >= 11 is 0. The zero-order chi connectivity index (χ0) is 30.6. The number of hydrogen-bond donors (Lipinski definition) is 0. The summed E-state index contributed by atoms with van der Waals surface area (Å²) in [5.41, 5.74) is 8.81. The standard InChI is InChI=1S/C39H28N6/c1-3-4-18-35(40-2)37-32-24-28(20-21-34(32)43-38(45-37)26-12-6-5-7-13-26)27-14-10-15-29(23-27)39-42-33-19-9-8-17-31(33)36(44-39)30-16-11-22-41-25-30/h3-25H,2H2,1H3/b4-3-,35-18-. The maximum Gasteiger partial charge on any atom is 0.160 e. The monoisotopic (exact) mass is 580 g/mol. The van der Waals surface area contributed by atoms with Gasteiger partial charge >= 0.3 is 0 Å². The van der Waals surface area contributed by atoms with Crippen LogP contribution in [-0.4, -0.2) is 31.6 Å². The van der Waals surface area contributed by atoms with Crippen LogP contribution in [0, 0.1) is 0 Å². The van der Waals surface area contributed by atoms with Crippen molar-refractivity contribution < 1.29 is 0 Å². The first-order valence-corrected chi connectivity index (χ1v) is 14.7. The topological polar surface area (TPSA) is 76.8 Å². The molecule has 0 atom stereocenters. The van der Waals surface area contributed by atoms with Gasteiger partial charge in [-0.15, -0.1) is 0 Å². The molecule has 0 N–H and O–H groups in total. The van der Waals surface area contributed by atoms with Gasteiger partial charge in [-0.25, -0.2) is 19.9 Å². The number of fused-ring (bicyclic) bond motifs is 2. The highest BCUT2D eigenvalue weighted by molar-refractivity contribution is 5.96. The van der Waals surface area contributed by atoms with Crippen LogP contribution in [0.3, 0.4) is 0 Å². The molecular formula is C39H28N6. The predicted octanol–water partition coefficient (Wildman–Crippen LogP) is 9.25. The van der Waals surface area contributed by atoms with Gasteiger partial charge in [0.05, 0.1) is 22.4 Å². The number of pyridine rings is 1. The number of nitrogens with zero attached hydrogens (tertiary/aromatic N) is 6. The third-order valence-electron chi connectivity index (χ3n) is 7.58. The summed E-state index contributed by atoms with van der Waals surface area (Å²) in [6.07, 6.45) is 9.43. The fourth-order valence-corrected chi connectivity index (χ4v) is 5.38. The molecule has 3 heterocycles. The maximum atomic E-state index is 5.04. The van der Waals surface area contributed by atoms with E-state index in [0.29, 0.717) is 17.3 Å². The largest absolute Gasteiger partial charge is 0.264 e. The van der Waals surface area contributed by atoms with E-state index in [9.17, 15) is 0 Å². The van der Waals surface area contributed by atoms with Crippen molar-refractivity contribution in [2.75, 3.05) is 0 Å². The van der Waals surface area contributed by atoms with Crippen molar-refractivity contribution in [3.8, 4) is 45.2 Å². The van der Waals surface area contributed by atoms with E-state index in [0.717, 1.165) is 61.0 Å². The molecule has 3 aromatic heterocycles. The van der Waals surface area contributed by atoms with Gasteiger partial charge in [-0.1, -0.05) is 84.9 Å². The lowest BCUT2D eigenvalue weighted by molar-refractivity contribution is 1.19. The molecule has 0 saturated carbocycles. The number of hydrogen-bond acceptors (Lipinski definition) is 6. The van der Waals surface area contributed by atoms with Crippen molar-refractivity contribution in [2.45, 2.75) is 6.92 Å². The van der Waals surface area contributed by atoms with E-state index < -0.39 is 0 Å². The van der Waals surface area contributed by atoms with Crippen LogP contribution in [0.15, 0.2) is 145 Å². The summed E-state index contributed by atoms with van der Waals surface area (Å²) in [7, 11) is 0. The minimum atomic E-state index is 0.640. The molecule has 0 aliphatic rings. The number of allylic oxidation sites excluding steroid dienone is 3. The number of aromatic nitrogens is 5. The lowest BCUT2D eigenvalue weighted by Gasteiger charge is -2.12. The first-order chi connectivity index (χ1) is 22.2. The van der Waals surface area contributed by atoms with Crippen molar-refractivity contribution in [3.05, 3.63) is 146 Å². The van der Waals surface area contributed by atoms with Crippen LogP contribution in [0.2, 0.25) is 0 Å². The molecule has 0 bridgehead atoms. The second-order valence-corrected chi connectivity index (χ2v) is 10.5. The quantitative estimate of drug-likeness (QED) is 0.139. The van der Waals surface area contributed by atoms with Gasteiger partial charge < -0.3 is 0 Å². The van der Waals surface area contributed by atoms with Crippen molar-refractivity contribution in [2.24, 2.45) is 4.99 Å². The molecule has 0 fully saturated rings. The average Bonchev–Trinajstić information content (AvgIpc) is 3.12. The van der Waals surface area contributed by atoms with E-state index in [2.05, 4.69) is 41.0 Å². The molecule has 0 aliphatic carbocycles. The molecule has 214 valence electrons. The minimum absolute atomic E-state index is 0.640. The molecule has 7 aromatic rings. The normalized spacial score (nSPS) is 11.8. The molecular weight excluding hydrogens is 552 g/mol. The van der Waals surface area contributed by atoms with Gasteiger partial charge in [-0.3, -0.25) is 9.98 Å². The Hall–Kier alpha value is -6.14. The second kappa shape index (κ2) is 12.2. The molecule has 6 heteroatoms. The number of aliphatic imine (C=N–C) groups is 1. The van der Waals surface area contributed by atoms with Crippen LogP contribution in [0.1, 0.15) is 12.6 Å². The maximum absolute atomic E-state index is 5.04. The van der Waals surface area contributed by atoms with E-state index in [4.69, 9.17) is 19.9 Å². The summed E-state index contributed by atoms with van der Waals surface area (Å²) in [5.74, 6) is 1.29. The van der Waals surface area contributed by atoms with Crippen LogP contribution in [0.25, 0.3) is 72.7 Å². The molecule has 0 spiro atoms. The average molecular weight is 581 g/mol. The zero-order valence-electron chi connectivity index (χ0n) is 24.7. The van der Waals surface area contributed by atoms with E-state index in [-0.39, 0.29) is 0 Å². The van der Waals surface area contributed by atoms with Crippen molar-refractivity contribution in [1.82, 2.24) is 24.9 Å². The van der Waals surface area contributed by atoms with Crippen molar-refractivity contribution in [1.29, 1.82) is 0 Å². The number of benzene rings is 4. The number of rotatable bonds is 7. The Morgan fingerprint density at radius 1 is 0.622 bits per heavy atom. The highest BCUT2D eigenvalue weighted by Crippen LogP contribution is 2.33. The Bertz CT molecular complexity index is 2240. The van der Waals surface area contributed by atoms with Gasteiger partial charge in [0.25, 0.3) is 0 Å². The van der Waals surface area contributed by atoms with E-state index >= 15 is 0 Å². The van der Waals surface area contributed by atoms with Crippen LogP contribution >= 0.6 is 0 Å². The van der Waals surface area contributed by atoms with E-state index in [1.54, 1.807) is 6.20 Å². The smallest absolute Gasteiger partial charge is 0.160 e. The summed E-state index contributed by atoms with van der Waals surface area (Å²) in [6, 6.07) is 36.5. The highest BCUT2D eigenvalue weighted by Gasteiger charge is 2.15. The summed E-state index contributed by atoms with van der Waals surface area (Å²) < 4.78 is 0. The Labute approximate surface area is 261 Å². The highest BCUT2D eigenvalue weighted by atomic mass is 14.9. The molecule has 4 aromatic carbocycles. The van der Waals surface area contributed by atoms with Gasteiger partial charge in [-0.2, -0.15) is 0 Å². The fourth-order valence-electron chi connectivity index (χ4n) is 5.38. The van der Waals surface area contributed by atoms with Gasteiger partial charge in [0.15, 0.2) is 11.6 Å². The minimum Gasteiger partial charge on any atom is -0.264 e. The molecule has 0 unspecified atom stereocenters. The van der Waals surface area contributed by atoms with Crippen LogP contribution in [0.4, 0.5) is 0 Å². The lowest BCUT2D eigenvalue weighted by atomic mass is 9.99. The van der Waals surface area contributed by atoms with Crippen LogP contribution in [-0.2, 0) is 0 Å². The van der Waals surface area contributed by atoms with Gasteiger partial charge in [0.1, 0.15) is 5.69 Å². The van der Waals surface area contributed by atoms with Gasteiger partial charge in [0.2, 0.25) is 0 Å². The van der Waals surface area contributed by atoms with Gasteiger partial charge in [0, 0.05) is 39.9 Å². The summed E-state index contributed by atoms with van der Waals surface area (Å²) in [4.78, 5) is 28.6. The van der Waals surface area contributed by atoms with Crippen LogP contribution in [0.5, 0.6) is 0 Å². The molecule has 7 rings (SSSR count). The first kappa shape index (κ1) is 27.7. The molecule has 6 nitrogen and oxygen atoms in total. The van der Waals surface area contributed by atoms with Gasteiger partial charge in [-0.05, 0) is 67.2 Å². The van der Waals surface area contributed by atoms with Crippen molar-refractivity contribution >= 4 is 34.2 Å². The predicted molar refractivity (Wildman–Crippen MR) is 185 cm³/mol. The lowest BCUT2D eigenvalue weighted by Crippen LogP contribution is -1.98. The third-order valence-corrected chi connectivity index (χ3v) is 7.58. The Balaban J connectivity index is 1.37. The SMILES string of the molecule is C=N/C(=C\C=C/C)c1nc(-c2ccccc2)nc2ccc(-c3cccc(-c4nc(-c5cccnc5)c5ccccc5n4)c3)cc12. The first-order valence-electron chi connectivity index (χ1n) is 14.7. The molecule has 0 amide bonds. The van der Waals surface area contributed by atoms with E-state index in [1.807, 2.05) is 116 Å². The Morgan fingerprint density at radius 2 is 1.33 bits per heavy atom. The third kappa shape index (κ3) is 5.53. The van der Waals surface area contributed by atoms with Crippen LogP contribution < -0.4 is 0 Å². The van der Waals surface area contributed by atoms with Crippen molar-refractivity contribution in [3.63, 3.8) is 0 Å². The zero-order valence-corrected chi connectivity index (χ0v) is 24.7. The fraction of sp³-hybridized carbons (Fsp3) is 0.0256. The Kier molecular flexibility index (Phi) is 7.52. The molecule has 0 aliphatic heterocycles.